The number of carbonyl (C=O) groups excluding carboxylic acids is 1. The van der Waals surface area contributed by atoms with E-state index in [-0.39, 0.29) is 29.1 Å². The molecule has 1 amide bonds. The van der Waals surface area contributed by atoms with Gasteiger partial charge in [-0.2, -0.15) is 0 Å². The molecule has 0 radical (unpaired) electrons. The Kier molecular flexibility index (Phi) is 8.46. The van der Waals surface area contributed by atoms with E-state index in [4.69, 9.17) is 0 Å². The largest absolute Gasteiger partial charge is 0.391 e. The van der Waals surface area contributed by atoms with Gasteiger partial charge in [0.15, 0.2) is 0 Å². The molecular formula is C30H40F2N2O2. The molecule has 0 saturated carbocycles. The van der Waals surface area contributed by atoms with Gasteiger partial charge in [0.2, 0.25) is 0 Å². The Labute approximate surface area is 214 Å². The summed E-state index contributed by atoms with van der Waals surface area (Å²) in [6.45, 7) is 11.0. The maximum atomic E-state index is 15.0. The molecule has 4 rings (SSSR count). The zero-order valence-electron chi connectivity index (χ0n) is 21.9. The molecule has 1 unspecified atom stereocenters. The Morgan fingerprint density at radius 2 is 1.64 bits per heavy atom. The van der Waals surface area contributed by atoms with Gasteiger partial charge in [0.1, 0.15) is 11.6 Å². The van der Waals surface area contributed by atoms with Crippen LogP contribution in [0.25, 0.3) is 11.1 Å². The zero-order chi connectivity index (χ0) is 25.9. The SMILES string of the molecule is CC(C)(C)CN1CCC(CCc2ccc(-c3ccc(C(=O)N4CCCC(O)C4)cc3F)c(F)c2)CC1. The maximum absolute atomic E-state index is 15.0. The molecule has 4 nitrogen and oxygen atoms in total. The van der Waals surface area contributed by atoms with E-state index in [0.717, 1.165) is 44.5 Å². The zero-order valence-corrected chi connectivity index (χ0v) is 21.9. The lowest BCUT2D eigenvalue weighted by atomic mass is 9.88. The predicted octanol–water partition coefficient (Wildman–Crippen LogP) is 5.92. The minimum absolute atomic E-state index is 0.153. The van der Waals surface area contributed by atoms with Gasteiger partial charge in [-0.05, 0) is 86.7 Å². The molecule has 2 aliphatic rings. The van der Waals surface area contributed by atoms with Crippen molar-refractivity contribution in [2.75, 3.05) is 32.7 Å². The summed E-state index contributed by atoms with van der Waals surface area (Å²) in [6, 6.07) is 9.27. The van der Waals surface area contributed by atoms with Crippen molar-refractivity contribution in [1.29, 1.82) is 0 Å². The number of benzene rings is 2. The second-order valence-electron chi connectivity index (χ2n) is 11.9. The van der Waals surface area contributed by atoms with Crippen molar-refractivity contribution in [3.8, 4) is 11.1 Å². The Hall–Kier alpha value is -2.31. The molecule has 2 fully saturated rings. The normalized spacial score (nSPS) is 20.1. The third-order valence-electron chi connectivity index (χ3n) is 7.47. The minimum atomic E-state index is -0.618. The van der Waals surface area contributed by atoms with Crippen LogP contribution in [-0.4, -0.2) is 59.6 Å². The summed E-state index contributed by atoms with van der Waals surface area (Å²) in [4.78, 5) is 16.8. The molecule has 1 N–H and O–H groups in total. The van der Waals surface area contributed by atoms with Gasteiger partial charge in [-0.3, -0.25) is 4.79 Å². The Morgan fingerprint density at radius 3 is 2.25 bits per heavy atom. The third-order valence-corrected chi connectivity index (χ3v) is 7.47. The average Bonchev–Trinajstić information content (AvgIpc) is 2.82. The van der Waals surface area contributed by atoms with Crippen LogP contribution in [0.4, 0.5) is 8.78 Å². The second kappa shape index (κ2) is 11.4. The molecule has 6 heteroatoms. The fourth-order valence-corrected chi connectivity index (χ4v) is 5.60. The summed E-state index contributed by atoms with van der Waals surface area (Å²) in [5, 5.41) is 9.82. The molecule has 2 aromatic carbocycles. The average molecular weight is 499 g/mol. The molecule has 1 atom stereocenters. The number of piperidine rings is 2. The van der Waals surface area contributed by atoms with Crippen molar-refractivity contribution in [3.63, 3.8) is 0 Å². The number of hydrogen-bond acceptors (Lipinski definition) is 3. The van der Waals surface area contributed by atoms with Crippen molar-refractivity contribution in [2.45, 2.75) is 65.4 Å². The number of likely N-dealkylation sites (tertiary alicyclic amines) is 2. The highest BCUT2D eigenvalue weighted by molar-refractivity contribution is 5.95. The molecule has 2 heterocycles. The number of aliphatic hydroxyl groups is 1. The summed E-state index contributed by atoms with van der Waals surface area (Å²) < 4.78 is 30.0. The predicted molar refractivity (Wildman–Crippen MR) is 140 cm³/mol. The lowest BCUT2D eigenvalue weighted by molar-refractivity contribution is 0.0473. The number of carbonyl (C=O) groups is 1. The van der Waals surface area contributed by atoms with Gasteiger partial charge in [-0.25, -0.2) is 8.78 Å². The summed E-state index contributed by atoms with van der Waals surface area (Å²) in [5.74, 6) is -0.705. The Bertz CT molecular complexity index is 1060. The molecule has 2 saturated heterocycles. The van der Waals surface area contributed by atoms with Crippen molar-refractivity contribution < 1.29 is 18.7 Å². The van der Waals surface area contributed by atoms with Gasteiger partial charge in [-0.1, -0.05) is 39.0 Å². The van der Waals surface area contributed by atoms with Crippen molar-refractivity contribution in [3.05, 3.63) is 59.2 Å². The van der Waals surface area contributed by atoms with Crippen LogP contribution in [0.5, 0.6) is 0 Å². The van der Waals surface area contributed by atoms with Gasteiger partial charge >= 0.3 is 0 Å². The molecule has 196 valence electrons. The summed E-state index contributed by atoms with van der Waals surface area (Å²) in [7, 11) is 0. The quantitative estimate of drug-likeness (QED) is 0.538. The Morgan fingerprint density at radius 1 is 0.972 bits per heavy atom. The van der Waals surface area contributed by atoms with Crippen LogP contribution in [0.3, 0.4) is 0 Å². The number of hydrogen-bond donors (Lipinski definition) is 1. The smallest absolute Gasteiger partial charge is 0.254 e. The lowest BCUT2D eigenvalue weighted by Crippen LogP contribution is -2.42. The molecule has 2 aromatic rings. The topological polar surface area (TPSA) is 43.8 Å². The van der Waals surface area contributed by atoms with E-state index >= 15 is 4.39 Å². The number of nitrogens with zero attached hydrogens (tertiary/aromatic N) is 2. The van der Waals surface area contributed by atoms with Gasteiger partial charge in [-0.15, -0.1) is 0 Å². The summed E-state index contributed by atoms with van der Waals surface area (Å²) in [5.41, 5.74) is 1.83. The number of aryl methyl sites for hydroxylation is 1. The second-order valence-corrected chi connectivity index (χ2v) is 11.9. The van der Waals surface area contributed by atoms with Crippen LogP contribution in [0.2, 0.25) is 0 Å². The summed E-state index contributed by atoms with van der Waals surface area (Å²) >= 11 is 0. The van der Waals surface area contributed by atoms with Crippen molar-refractivity contribution in [1.82, 2.24) is 9.80 Å². The van der Waals surface area contributed by atoms with E-state index in [1.807, 2.05) is 6.07 Å². The number of halogens is 2. The highest BCUT2D eigenvalue weighted by Gasteiger charge is 2.25. The first-order valence-corrected chi connectivity index (χ1v) is 13.4. The van der Waals surface area contributed by atoms with Gasteiger partial charge in [0, 0.05) is 36.3 Å². The van der Waals surface area contributed by atoms with Crippen molar-refractivity contribution >= 4 is 5.91 Å². The van der Waals surface area contributed by atoms with E-state index in [1.54, 1.807) is 17.0 Å². The molecule has 36 heavy (non-hydrogen) atoms. The van der Waals surface area contributed by atoms with Crippen molar-refractivity contribution in [2.24, 2.45) is 11.3 Å². The molecule has 2 aliphatic heterocycles. The van der Waals surface area contributed by atoms with E-state index in [2.05, 4.69) is 25.7 Å². The highest BCUT2D eigenvalue weighted by Crippen LogP contribution is 2.30. The monoisotopic (exact) mass is 498 g/mol. The van der Waals surface area contributed by atoms with Crippen LogP contribution < -0.4 is 0 Å². The molecule has 0 aromatic heterocycles. The number of rotatable bonds is 6. The van der Waals surface area contributed by atoms with E-state index in [0.29, 0.717) is 24.3 Å². The maximum Gasteiger partial charge on any atom is 0.254 e. The highest BCUT2D eigenvalue weighted by atomic mass is 19.1. The molecular weight excluding hydrogens is 458 g/mol. The molecule has 0 aliphatic carbocycles. The van der Waals surface area contributed by atoms with Crippen LogP contribution in [0.15, 0.2) is 36.4 Å². The standard InChI is InChI=1S/C30H40F2N2O2/c1-30(2,3)20-33-15-12-21(13-16-33)6-7-22-8-10-25(27(31)17-22)26-11-9-23(18-28(26)32)29(36)34-14-4-5-24(35)19-34/h8-11,17-18,21,24,35H,4-7,12-16,19-20H2,1-3H3. The van der Waals surface area contributed by atoms with E-state index in [9.17, 15) is 14.3 Å². The van der Waals surface area contributed by atoms with Crippen LogP contribution in [0, 0.1) is 23.0 Å². The van der Waals surface area contributed by atoms with Crippen LogP contribution in [-0.2, 0) is 6.42 Å². The molecule has 0 spiro atoms. The van der Waals surface area contributed by atoms with Gasteiger partial charge in [0.05, 0.1) is 6.10 Å². The number of aliphatic hydroxyl groups excluding tert-OH is 1. The minimum Gasteiger partial charge on any atom is -0.391 e. The fourth-order valence-electron chi connectivity index (χ4n) is 5.60. The van der Waals surface area contributed by atoms with E-state index < -0.39 is 17.7 Å². The number of β-amino-alcohol motifs (C(OH)–C–C–N with tert-alkyl or cyclic N) is 1. The van der Waals surface area contributed by atoms with Gasteiger partial charge in [0.25, 0.3) is 5.91 Å². The Balaban J connectivity index is 1.35. The lowest BCUT2D eigenvalue weighted by Gasteiger charge is -2.36. The van der Waals surface area contributed by atoms with Crippen LogP contribution >= 0.6 is 0 Å². The fraction of sp³-hybridized carbons (Fsp3) is 0.567. The molecule has 0 bridgehead atoms. The first-order valence-electron chi connectivity index (χ1n) is 13.4. The first-order chi connectivity index (χ1) is 17.1. The summed E-state index contributed by atoms with van der Waals surface area (Å²) in [6.07, 6.45) is 5.08. The van der Waals surface area contributed by atoms with Gasteiger partial charge < -0.3 is 14.9 Å². The van der Waals surface area contributed by atoms with E-state index in [1.165, 1.54) is 31.0 Å². The third kappa shape index (κ3) is 6.92. The van der Waals surface area contributed by atoms with Crippen LogP contribution in [0.1, 0.15) is 68.8 Å². The number of amides is 1. The first kappa shape index (κ1) is 26.7.